The number of phenolic OH excluding ortho intramolecular Hbond substituents is 1. The molecule has 0 bridgehead atoms. The molecule has 2 aromatic rings. The number of hydrogen-bond donors (Lipinski definition) is 1. The highest BCUT2D eigenvalue weighted by Gasteiger charge is 2.42. The molecule has 2 aromatic carbocycles. The van der Waals surface area contributed by atoms with Crippen LogP contribution in [0.4, 0.5) is 11.4 Å². The summed E-state index contributed by atoms with van der Waals surface area (Å²) in [6.45, 7) is 4.91. The Bertz CT molecular complexity index is 949. The lowest BCUT2D eigenvalue weighted by molar-refractivity contribution is 0.270. The first-order chi connectivity index (χ1) is 14.4. The Morgan fingerprint density at radius 3 is 2.27 bits per heavy atom. The average molecular weight is 432 g/mol. The summed E-state index contributed by atoms with van der Waals surface area (Å²) >= 11 is 0. The molecule has 0 fully saturated rings. The first-order valence-corrected chi connectivity index (χ1v) is 12.5. The minimum absolute atomic E-state index is 0.0993. The molecule has 1 aliphatic heterocycles. The molecule has 30 heavy (non-hydrogen) atoms. The standard InChI is InChI=1S/C24H33NO4S/c1-4-6-13-24(14-7-5-2)17-25(19-11-9-8-10-12-19)20-15-22(29-3)21(26)16-23(20)30(27,28)18-24/h8-12,15-16,26H,4-7,13-14,17-18H2,1-3H3. The van der Waals surface area contributed by atoms with E-state index in [1.54, 1.807) is 6.07 Å². The number of ether oxygens (including phenoxy) is 1. The van der Waals surface area contributed by atoms with Gasteiger partial charge in [0.15, 0.2) is 21.3 Å². The van der Waals surface area contributed by atoms with Crippen molar-refractivity contribution in [1.29, 1.82) is 0 Å². The van der Waals surface area contributed by atoms with Crippen LogP contribution in [0.25, 0.3) is 0 Å². The third-order valence-electron chi connectivity index (χ3n) is 6.07. The Morgan fingerprint density at radius 2 is 1.70 bits per heavy atom. The van der Waals surface area contributed by atoms with Gasteiger partial charge in [-0.25, -0.2) is 8.42 Å². The molecule has 164 valence electrons. The van der Waals surface area contributed by atoms with Gasteiger partial charge in [-0.1, -0.05) is 57.7 Å². The zero-order valence-corrected chi connectivity index (χ0v) is 19.0. The van der Waals surface area contributed by atoms with Crippen LogP contribution in [0.5, 0.6) is 11.5 Å². The first-order valence-electron chi connectivity index (χ1n) is 10.8. The summed E-state index contributed by atoms with van der Waals surface area (Å²) in [4.78, 5) is 2.28. The van der Waals surface area contributed by atoms with Gasteiger partial charge in [-0.2, -0.15) is 0 Å². The van der Waals surface area contributed by atoms with Gasteiger partial charge in [-0.3, -0.25) is 0 Å². The smallest absolute Gasteiger partial charge is 0.181 e. The molecule has 1 heterocycles. The molecule has 3 rings (SSSR count). The molecule has 6 heteroatoms. The van der Waals surface area contributed by atoms with Crippen LogP contribution in [0.15, 0.2) is 47.4 Å². The highest BCUT2D eigenvalue weighted by molar-refractivity contribution is 7.91. The number of nitrogens with zero attached hydrogens (tertiary/aromatic N) is 1. The third kappa shape index (κ3) is 4.59. The number of unbranched alkanes of at least 4 members (excludes halogenated alkanes) is 2. The Kier molecular flexibility index (Phi) is 6.96. The van der Waals surface area contributed by atoms with Gasteiger partial charge in [-0.15, -0.1) is 0 Å². The van der Waals surface area contributed by atoms with E-state index >= 15 is 0 Å². The molecule has 0 radical (unpaired) electrons. The second kappa shape index (κ2) is 9.29. The molecule has 0 saturated heterocycles. The van der Waals surface area contributed by atoms with Gasteiger partial charge in [0.05, 0.1) is 23.4 Å². The van der Waals surface area contributed by atoms with Gasteiger partial charge in [0.1, 0.15) is 0 Å². The minimum Gasteiger partial charge on any atom is -0.504 e. The Balaban J connectivity index is 2.23. The van der Waals surface area contributed by atoms with Crippen molar-refractivity contribution in [3.8, 4) is 11.5 Å². The van der Waals surface area contributed by atoms with Crippen molar-refractivity contribution in [3.05, 3.63) is 42.5 Å². The van der Waals surface area contributed by atoms with E-state index in [0.29, 0.717) is 12.2 Å². The fourth-order valence-electron chi connectivity index (χ4n) is 4.48. The number of fused-ring (bicyclic) bond motifs is 1. The molecule has 0 unspecified atom stereocenters. The van der Waals surface area contributed by atoms with Crippen molar-refractivity contribution >= 4 is 21.2 Å². The highest BCUT2D eigenvalue weighted by Crippen LogP contribution is 2.47. The fraction of sp³-hybridized carbons (Fsp3) is 0.500. The summed E-state index contributed by atoms with van der Waals surface area (Å²) in [5.41, 5.74) is 1.18. The maximum Gasteiger partial charge on any atom is 0.181 e. The highest BCUT2D eigenvalue weighted by atomic mass is 32.2. The lowest BCUT2D eigenvalue weighted by atomic mass is 9.79. The number of phenols is 1. The summed E-state index contributed by atoms with van der Waals surface area (Å²) in [5.74, 6) is 0.226. The van der Waals surface area contributed by atoms with Crippen LogP contribution in [0, 0.1) is 5.41 Å². The molecular weight excluding hydrogens is 398 g/mol. The van der Waals surface area contributed by atoms with Gasteiger partial charge in [0, 0.05) is 29.8 Å². The summed E-state index contributed by atoms with van der Waals surface area (Å²) in [6.07, 6.45) is 5.77. The lowest BCUT2D eigenvalue weighted by Crippen LogP contribution is -2.38. The number of hydrogen-bond acceptors (Lipinski definition) is 5. The summed E-state index contributed by atoms with van der Waals surface area (Å²) in [6, 6.07) is 12.9. The number of methoxy groups -OCH3 is 1. The van der Waals surface area contributed by atoms with E-state index in [9.17, 15) is 13.5 Å². The fourth-order valence-corrected chi connectivity index (χ4v) is 6.60. The Morgan fingerprint density at radius 1 is 1.07 bits per heavy atom. The van der Waals surface area contributed by atoms with Crippen molar-refractivity contribution in [1.82, 2.24) is 0 Å². The molecule has 1 aliphatic rings. The van der Waals surface area contributed by atoms with E-state index in [0.717, 1.165) is 44.2 Å². The molecule has 5 nitrogen and oxygen atoms in total. The van der Waals surface area contributed by atoms with Crippen LogP contribution in [-0.2, 0) is 9.84 Å². The molecular formula is C24H33NO4S. The second-order valence-electron chi connectivity index (χ2n) is 8.38. The summed E-state index contributed by atoms with van der Waals surface area (Å²) in [7, 11) is -2.11. The van der Waals surface area contributed by atoms with Crippen LogP contribution in [-0.4, -0.2) is 32.9 Å². The molecule has 0 amide bonds. The van der Waals surface area contributed by atoms with Gasteiger partial charge in [-0.05, 0) is 25.0 Å². The number of rotatable bonds is 8. The molecule has 0 saturated carbocycles. The largest absolute Gasteiger partial charge is 0.504 e. The molecule has 1 N–H and O–H groups in total. The number of aromatic hydroxyl groups is 1. The Labute approximate surface area is 180 Å². The normalized spacial score (nSPS) is 17.2. The van der Waals surface area contributed by atoms with E-state index < -0.39 is 9.84 Å². The van der Waals surface area contributed by atoms with E-state index in [-0.39, 0.29) is 27.6 Å². The maximum absolute atomic E-state index is 13.6. The van der Waals surface area contributed by atoms with E-state index in [1.807, 2.05) is 30.3 Å². The SMILES string of the molecule is CCCCC1(CCCC)CN(c2ccccc2)c2cc(OC)c(O)cc2S(=O)(=O)C1. The zero-order chi connectivity index (χ0) is 21.8. The van der Waals surface area contributed by atoms with Crippen LogP contribution in [0.3, 0.4) is 0 Å². The predicted octanol–water partition coefficient (Wildman–Crippen LogP) is 5.69. The lowest BCUT2D eigenvalue weighted by Gasteiger charge is -2.37. The zero-order valence-electron chi connectivity index (χ0n) is 18.2. The van der Waals surface area contributed by atoms with Crippen molar-refractivity contribution in [2.75, 3.05) is 24.3 Å². The number of benzene rings is 2. The van der Waals surface area contributed by atoms with Gasteiger partial charge in [0.25, 0.3) is 0 Å². The van der Waals surface area contributed by atoms with Crippen molar-refractivity contribution < 1.29 is 18.3 Å². The first kappa shape index (κ1) is 22.5. The molecule has 0 atom stereocenters. The number of anilines is 2. The van der Waals surface area contributed by atoms with Crippen molar-refractivity contribution in [3.63, 3.8) is 0 Å². The van der Waals surface area contributed by atoms with E-state index in [4.69, 9.17) is 4.74 Å². The predicted molar refractivity (Wildman–Crippen MR) is 122 cm³/mol. The topological polar surface area (TPSA) is 66.8 Å². The molecule has 0 aromatic heterocycles. The monoisotopic (exact) mass is 431 g/mol. The summed E-state index contributed by atoms with van der Waals surface area (Å²) < 4.78 is 32.5. The summed E-state index contributed by atoms with van der Waals surface area (Å²) in [5, 5.41) is 10.4. The second-order valence-corrected chi connectivity index (χ2v) is 10.3. The van der Waals surface area contributed by atoms with Gasteiger partial charge >= 0.3 is 0 Å². The average Bonchev–Trinajstić information content (AvgIpc) is 2.83. The minimum atomic E-state index is -3.59. The van der Waals surface area contributed by atoms with Crippen LogP contribution in [0.2, 0.25) is 0 Å². The van der Waals surface area contributed by atoms with Crippen LogP contribution >= 0.6 is 0 Å². The Hall–Kier alpha value is -2.21. The third-order valence-corrected chi connectivity index (χ3v) is 8.05. The van der Waals surface area contributed by atoms with E-state index in [1.165, 1.54) is 13.2 Å². The van der Waals surface area contributed by atoms with Crippen LogP contribution < -0.4 is 9.64 Å². The number of sulfone groups is 1. The quantitative estimate of drug-likeness (QED) is 0.581. The van der Waals surface area contributed by atoms with Crippen molar-refractivity contribution in [2.24, 2.45) is 5.41 Å². The van der Waals surface area contributed by atoms with E-state index in [2.05, 4.69) is 18.7 Å². The van der Waals surface area contributed by atoms with Gasteiger partial charge in [0.2, 0.25) is 0 Å². The van der Waals surface area contributed by atoms with Gasteiger partial charge < -0.3 is 14.7 Å². The molecule has 0 aliphatic carbocycles. The molecule has 0 spiro atoms. The maximum atomic E-state index is 13.6. The number of para-hydroxylation sites is 1. The van der Waals surface area contributed by atoms with Crippen molar-refractivity contribution in [2.45, 2.75) is 57.3 Å². The van der Waals surface area contributed by atoms with Crippen LogP contribution in [0.1, 0.15) is 52.4 Å².